The van der Waals surface area contributed by atoms with E-state index in [-0.39, 0.29) is 25.7 Å². The van der Waals surface area contributed by atoms with E-state index in [9.17, 15) is 14.4 Å². The van der Waals surface area contributed by atoms with Crippen molar-refractivity contribution in [2.24, 2.45) is 0 Å². The Morgan fingerprint density at radius 2 is 1.40 bits per heavy atom. The number of carbonyl (C=O) groups excluding carboxylic acids is 3. The van der Waals surface area contributed by atoms with E-state index < -0.39 is 18.0 Å². The van der Waals surface area contributed by atoms with Crippen LogP contribution in [0.1, 0.15) is 43.7 Å². The predicted molar refractivity (Wildman–Crippen MR) is 130 cm³/mol. The predicted octanol–water partition coefficient (Wildman–Crippen LogP) is 4.02. The van der Waals surface area contributed by atoms with Crippen LogP contribution in [0.3, 0.4) is 0 Å². The highest BCUT2D eigenvalue weighted by Crippen LogP contribution is 2.06. The fraction of sp³-hybridized carbons (Fsp3) is 0.385. The van der Waals surface area contributed by atoms with Gasteiger partial charge in [-0.15, -0.1) is 0 Å². The van der Waals surface area contributed by atoms with Crippen LogP contribution in [0.4, 0.5) is 4.79 Å². The molecule has 0 aromatic heterocycles. The van der Waals surface area contributed by atoms with Gasteiger partial charge in [0.25, 0.3) is 0 Å². The summed E-state index contributed by atoms with van der Waals surface area (Å²) in [6, 6.07) is 19.5. The molecule has 2 N–H and O–H groups in total. The van der Waals surface area contributed by atoms with Crippen LogP contribution >= 0.6 is 0 Å². The van der Waals surface area contributed by atoms with E-state index >= 15 is 0 Å². The molecule has 0 aliphatic carbocycles. The van der Waals surface area contributed by atoms with Crippen LogP contribution in [0.2, 0.25) is 0 Å². The van der Waals surface area contributed by atoms with Crippen molar-refractivity contribution in [2.45, 2.75) is 45.4 Å². The van der Waals surface area contributed by atoms with Crippen molar-refractivity contribution < 1.29 is 28.7 Å². The molecule has 0 fully saturated rings. The summed E-state index contributed by atoms with van der Waals surface area (Å²) in [5.74, 6) is -1.24. The Bertz CT molecular complexity index is 937. The largest absolute Gasteiger partial charge is 0.466 e. The first-order valence-corrected chi connectivity index (χ1v) is 11.7. The van der Waals surface area contributed by atoms with Gasteiger partial charge in [-0.2, -0.15) is 5.06 Å². The van der Waals surface area contributed by atoms with Crippen molar-refractivity contribution in [1.29, 1.82) is 5.41 Å². The van der Waals surface area contributed by atoms with E-state index in [1.54, 1.807) is 0 Å². The number of guanidine groups is 1. The summed E-state index contributed by atoms with van der Waals surface area (Å²) >= 11 is 0. The first-order valence-electron chi connectivity index (χ1n) is 11.7. The van der Waals surface area contributed by atoms with Gasteiger partial charge >= 0.3 is 18.0 Å². The van der Waals surface area contributed by atoms with Crippen LogP contribution in [0.15, 0.2) is 60.7 Å². The number of unbranched alkanes of at least 4 members (excludes halogenated alkanes) is 1. The number of nitrogens with one attached hydrogen (secondary N) is 2. The number of esters is 1. The maximum Gasteiger partial charge on any atom is 0.414 e. The minimum atomic E-state index is -0.829. The third-order valence-corrected chi connectivity index (χ3v) is 4.88. The van der Waals surface area contributed by atoms with Crippen LogP contribution in [0, 0.1) is 5.41 Å². The Balaban J connectivity index is 1.56. The molecule has 188 valence electrons. The summed E-state index contributed by atoms with van der Waals surface area (Å²) in [6.45, 7) is 1.77. The van der Waals surface area contributed by atoms with Gasteiger partial charge < -0.3 is 14.3 Å². The van der Waals surface area contributed by atoms with Crippen molar-refractivity contribution in [3.05, 3.63) is 71.8 Å². The minimum absolute atomic E-state index is 0.0995. The lowest BCUT2D eigenvalue weighted by Gasteiger charge is -2.22. The third kappa shape index (κ3) is 12.2. The number of carbonyl (C=O) groups is 3. The molecule has 0 spiro atoms. The average molecular weight is 484 g/mol. The summed E-state index contributed by atoms with van der Waals surface area (Å²) in [5.41, 5.74) is 2.19. The average Bonchev–Trinajstić information content (AvgIpc) is 2.85. The van der Waals surface area contributed by atoms with Crippen molar-refractivity contribution >= 4 is 24.0 Å². The minimum Gasteiger partial charge on any atom is -0.466 e. The third-order valence-electron chi connectivity index (χ3n) is 4.88. The number of benzene rings is 2. The first kappa shape index (κ1) is 27.4. The van der Waals surface area contributed by atoms with Crippen LogP contribution in [-0.2, 0) is 36.7 Å². The zero-order valence-corrected chi connectivity index (χ0v) is 20.0. The molecule has 9 nitrogen and oxygen atoms in total. The topological polar surface area (TPSA) is 118 Å². The molecular formula is C26H33N3O6. The van der Waals surface area contributed by atoms with Gasteiger partial charge in [-0.1, -0.05) is 60.7 Å². The number of alkyl carbamates (subject to hydrolysis) is 1. The zero-order valence-electron chi connectivity index (χ0n) is 20.0. The molecule has 0 atom stereocenters. The van der Waals surface area contributed by atoms with Gasteiger partial charge in [0.1, 0.15) is 0 Å². The molecular weight excluding hydrogens is 450 g/mol. The van der Waals surface area contributed by atoms with E-state index in [0.29, 0.717) is 25.7 Å². The highest BCUT2D eigenvalue weighted by Gasteiger charge is 2.17. The smallest absolute Gasteiger partial charge is 0.414 e. The molecule has 0 saturated carbocycles. The van der Waals surface area contributed by atoms with E-state index in [4.69, 9.17) is 19.7 Å². The Morgan fingerprint density at radius 3 is 2.00 bits per heavy atom. The van der Waals surface area contributed by atoms with Crippen molar-refractivity contribution in [1.82, 2.24) is 10.4 Å². The zero-order chi connectivity index (χ0) is 25.3. The number of hydroxylamine groups is 2. The number of amides is 1. The summed E-state index contributed by atoms with van der Waals surface area (Å²) in [7, 11) is 0. The molecule has 2 aromatic carbocycles. The highest BCUT2D eigenvalue weighted by molar-refractivity contribution is 5.92. The normalized spacial score (nSPS) is 10.2. The Labute approximate surface area is 205 Å². The SMILES string of the molecule is CC(=O)ON(CCc1ccccc1)C(=N)NC(=O)OCCCCOC(=O)CCCc1ccccc1. The van der Waals surface area contributed by atoms with E-state index in [2.05, 4.69) is 5.32 Å². The molecule has 35 heavy (non-hydrogen) atoms. The van der Waals surface area contributed by atoms with E-state index in [0.717, 1.165) is 23.5 Å². The van der Waals surface area contributed by atoms with E-state index in [1.165, 1.54) is 12.5 Å². The van der Waals surface area contributed by atoms with Gasteiger partial charge in [0.2, 0.25) is 5.96 Å². The molecule has 2 aromatic rings. The number of ether oxygens (including phenoxy) is 2. The first-order chi connectivity index (χ1) is 16.9. The second kappa shape index (κ2) is 15.9. The van der Waals surface area contributed by atoms with Crippen molar-refractivity contribution in [3.8, 4) is 0 Å². The number of hydrogen-bond donors (Lipinski definition) is 2. The van der Waals surface area contributed by atoms with Gasteiger partial charge in [0.05, 0.1) is 19.8 Å². The summed E-state index contributed by atoms with van der Waals surface area (Å²) in [6.07, 6.45) is 2.65. The summed E-state index contributed by atoms with van der Waals surface area (Å²) in [5, 5.41) is 11.3. The fourth-order valence-electron chi connectivity index (χ4n) is 3.14. The van der Waals surface area contributed by atoms with Gasteiger partial charge in [0.15, 0.2) is 0 Å². The molecule has 0 saturated heterocycles. The molecule has 0 aliphatic heterocycles. The number of nitrogens with zero attached hydrogens (tertiary/aromatic N) is 1. The highest BCUT2D eigenvalue weighted by atomic mass is 16.7. The summed E-state index contributed by atoms with van der Waals surface area (Å²) < 4.78 is 10.3. The molecule has 0 unspecified atom stereocenters. The maximum absolute atomic E-state index is 12.0. The molecule has 1 amide bonds. The van der Waals surface area contributed by atoms with Crippen LogP contribution < -0.4 is 5.32 Å². The molecule has 0 heterocycles. The number of hydrogen-bond acceptors (Lipinski definition) is 7. The van der Waals surface area contributed by atoms with Crippen molar-refractivity contribution in [3.63, 3.8) is 0 Å². The van der Waals surface area contributed by atoms with Gasteiger partial charge in [-0.3, -0.25) is 20.3 Å². The van der Waals surface area contributed by atoms with Crippen molar-refractivity contribution in [2.75, 3.05) is 19.8 Å². The quantitative estimate of drug-likeness (QED) is 0.154. The monoisotopic (exact) mass is 483 g/mol. The molecule has 0 radical (unpaired) electrons. The van der Waals surface area contributed by atoms with Crippen LogP contribution in [0.5, 0.6) is 0 Å². The maximum atomic E-state index is 12.0. The number of aryl methyl sites for hydroxylation is 1. The lowest BCUT2D eigenvalue weighted by Crippen LogP contribution is -2.45. The van der Waals surface area contributed by atoms with Gasteiger partial charge in [-0.25, -0.2) is 4.79 Å². The van der Waals surface area contributed by atoms with E-state index in [1.807, 2.05) is 60.7 Å². The second-order valence-electron chi connectivity index (χ2n) is 7.80. The molecule has 0 bridgehead atoms. The summed E-state index contributed by atoms with van der Waals surface area (Å²) in [4.78, 5) is 40.1. The fourth-order valence-corrected chi connectivity index (χ4v) is 3.14. The van der Waals surface area contributed by atoms with Crippen LogP contribution in [-0.4, -0.2) is 48.8 Å². The lowest BCUT2D eigenvalue weighted by atomic mass is 10.1. The lowest BCUT2D eigenvalue weighted by molar-refractivity contribution is -0.170. The number of rotatable bonds is 12. The Morgan fingerprint density at radius 1 is 0.829 bits per heavy atom. The molecule has 2 rings (SSSR count). The van der Waals surface area contributed by atoms with Crippen LogP contribution in [0.25, 0.3) is 0 Å². The van der Waals surface area contributed by atoms with Gasteiger partial charge in [0, 0.05) is 13.3 Å². The molecule has 9 heteroatoms. The Hall–Kier alpha value is -3.88. The second-order valence-corrected chi connectivity index (χ2v) is 7.80. The molecule has 0 aliphatic rings. The standard InChI is InChI=1S/C26H33N3O6/c1-21(30)35-29(18-17-23-13-6-3-7-14-23)25(27)28-26(32)34-20-9-8-19-33-24(31)16-10-15-22-11-4-2-5-12-22/h2-7,11-14H,8-10,15-20H2,1H3,(H2,27,28,32). The Kier molecular flexibility index (Phi) is 12.4. The van der Waals surface area contributed by atoms with Gasteiger partial charge in [-0.05, 0) is 43.2 Å².